The molecule has 0 saturated heterocycles. The van der Waals surface area contributed by atoms with Crippen LogP contribution < -0.4 is 10.5 Å². The van der Waals surface area contributed by atoms with Crippen LogP contribution in [0.3, 0.4) is 0 Å². The number of nitrogens with two attached hydrogens (primary N) is 1. The molecule has 0 amide bonds. The SMILES string of the molecule is COc1nc(Sc2nc(C)cc(C)n2)ccc1N. The number of hydrogen-bond acceptors (Lipinski definition) is 6. The van der Waals surface area contributed by atoms with Crippen molar-refractivity contribution in [2.24, 2.45) is 0 Å². The molecule has 18 heavy (non-hydrogen) atoms. The van der Waals surface area contributed by atoms with E-state index in [1.807, 2.05) is 26.0 Å². The quantitative estimate of drug-likeness (QED) is 0.855. The smallest absolute Gasteiger partial charge is 0.237 e. The molecule has 0 atom stereocenters. The van der Waals surface area contributed by atoms with E-state index in [2.05, 4.69) is 15.0 Å². The number of methoxy groups -OCH3 is 1. The minimum atomic E-state index is 0.421. The van der Waals surface area contributed by atoms with Gasteiger partial charge in [-0.15, -0.1) is 0 Å². The molecule has 0 aromatic carbocycles. The maximum absolute atomic E-state index is 5.71. The fourth-order valence-electron chi connectivity index (χ4n) is 1.49. The van der Waals surface area contributed by atoms with Crippen LogP contribution in [-0.4, -0.2) is 22.1 Å². The Morgan fingerprint density at radius 1 is 1.11 bits per heavy atom. The molecule has 2 aromatic rings. The number of rotatable bonds is 3. The number of nitrogen functional groups attached to an aromatic ring is 1. The van der Waals surface area contributed by atoms with Crippen LogP contribution in [0.2, 0.25) is 0 Å². The monoisotopic (exact) mass is 262 g/mol. The van der Waals surface area contributed by atoms with Crippen LogP contribution in [0.1, 0.15) is 11.4 Å². The van der Waals surface area contributed by atoms with E-state index >= 15 is 0 Å². The highest BCUT2D eigenvalue weighted by molar-refractivity contribution is 7.99. The zero-order valence-corrected chi connectivity index (χ0v) is 11.3. The fourth-order valence-corrected chi connectivity index (χ4v) is 2.32. The van der Waals surface area contributed by atoms with Crippen molar-refractivity contribution < 1.29 is 4.74 Å². The number of aromatic nitrogens is 3. The standard InChI is InChI=1S/C12H14N4OS/c1-7-6-8(2)15-12(14-7)18-10-5-4-9(13)11(16-10)17-3/h4-6H,13H2,1-3H3. The van der Waals surface area contributed by atoms with Crippen LogP contribution in [0, 0.1) is 13.8 Å². The molecule has 0 aliphatic heterocycles. The molecule has 2 rings (SSSR count). The number of nitrogens with zero attached hydrogens (tertiary/aromatic N) is 3. The summed E-state index contributed by atoms with van der Waals surface area (Å²) in [5.74, 6) is 0.421. The summed E-state index contributed by atoms with van der Waals surface area (Å²) in [5, 5.41) is 1.43. The lowest BCUT2D eigenvalue weighted by Gasteiger charge is -2.06. The fraction of sp³-hybridized carbons (Fsp3) is 0.250. The Labute approximate surface area is 110 Å². The highest BCUT2D eigenvalue weighted by Gasteiger charge is 2.07. The average Bonchev–Trinajstić information content (AvgIpc) is 2.30. The Kier molecular flexibility index (Phi) is 3.66. The molecule has 2 N–H and O–H groups in total. The topological polar surface area (TPSA) is 73.9 Å². The van der Waals surface area contributed by atoms with E-state index in [0.29, 0.717) is 16.7 Å². The van der Waals surface area contributed by atoms with E-state index in [1.165, 1.54) is 11.8 Å². The van der Waals surface area contributed by atoms with Crippen LogP contribution in [0.25, 0.3) is 0 Å². The summed E-state index contributed by atoms with van der Waals surface area (Å²) in [6.45, 7) is 3.88. The van der Waals surface area contributed by atoms with Gasteiger partial charge in [0.15, 0.2) is 5.16 Å². The largest absolute Gasteiger partial charge is 0.480 e. The second-order valence-corrected chi connectivity index (χ2v) is 4.77. The first-order chi connectivity index (χ1) is 8.58. The third-order valence-corrected chi connectivity index (χ3v) is 3.02. The first-order valence-corrected chi connectivity index (χ1v) is 6.21. The molecule has 6 heteroatoms. The van der Waals surface area contributed by atoms with Gasteiger partial charge in [0.25, 0.3) is 0 Å². The van der Waals surface area contributed by atoms with Crippen molar-refractivity contribution in [1.29, 1.82) is 0 Å². The maximum Gasteiger partial charge on any atom is 0.237 e. The van der Waals surface area contributed by atoms with Crippen molar-refractivity contribution >= 4 is 17.4 Å². The number of ether oxygens (including phenoxy) is 1. The molecule has 0 fully saturated rings. The molecule has 5 nitrogen and oxygen atoms in total. The molecule has 0 aliphatic carbocycles. The highest BCUT2D eigenvalue weighted by Crippen LogP contribution is 2.27. The summed E-state index contributed by atoms with van der Waals surface area (Å²) in [4.78, 5) is 13.0. The van der Waals surface area contributed by atoms with Crippen molar-refractivity contribution in [3.05, 3.63) is 29.6 Å². The number of aryl methyl sites for hydroxylation is 2. The number of anilines is 1. The summed E-state index contributed by atoms with van der Waals surface area (Å²) >= 11 is 1.39. The maximum atomic E-state index is 5.71. The zero-order valence-electron chi connectivity index (χ0n) is 10.5. The Balaban J connectivity index is 2.28. The lowest BCUT2D eigenvalue weighted by atomic mass is 10.4. The van der Waals surface area contributed by atoms with Crippen LogP contribution in [0.5, 0.6) is 5.88 Å². The van der Waals surface area contributed by atoms with Gasteiger partial charge in [-0.05, 0) is 43.8 Å². The normalized spacial score (nSPS) is 10.4. The van der Waals surface area contributed by atoms with Gasteiger partial charge >= 0.3 is 0 Å². The Morgan fingerprint density at radius 2 is 1.78 bits per heavy atom. The lowest BCUT2D eigenvalue weighted by molar-refractivity contribution is 0.397. The third-order valence-electron chi connectivity index (χ3n) is 2.22. The van der Waals surface area contributed by atoms with Crippen LogP contribution in [-0.2, 0) is 0 Å². The second-order valence-electron chi connectivity index (χ2n) is 3.78. The summed E-state index contributed by atoms with van der Waals surface area (Å²) in [7, 11) is 1.54. The van der Waals surface area contributed by atoms with Crippen molar-refractivity contribution in [2.75, 3.05) is 12.8 Å². The van der Waals surface area contributed by atoms with Gasteiger partial charge in [-0.1, -0.05) is 0 Å². The van der Waals surface area contributed by atoms with E-state index in [4.69, 9.17) is 10.5 Å². The average molecular weight is 262 g/mol. The molecule has 0 saturated carbocycles. The molecular formula is C12H14N4OS. The first-order valence-electron chi connectivity index (χ1n) is 5.39. The van der Waals surface area contributed by atoms with Crippen LogP contribution in [0.15, 0.2) is 28.4 Å². The van der Waals surface area contributed by atoms with Gasteiger partial charge in [0.2, 0.25) is 5.88 Å². The number of hydrogen-bond donors (Lipinski definition) is 1. The van der Waals surface area contributed by atoms with Gasteiger partial charge in [-0.25, -0.2) is 15.0 Å². The van der Waals surface area contributed by atoms with Crippen molar-refractivity contribution in [2.45, 2.75) is 24.0 Å². The lowest BCUT2D eigenvalue weighted by Crippen LogP contribution is -1.97. The summed E-state index contributed by atoms with van der Waals surface area (Å²) in [5.41, 5.74) is 8.11. The number of pyridine rings is 1. The van der Waals surface area contributed by atoms with E-state index in [1.54, 1.807) is 13.2 Å². The van der Waals surface area contributed by atoms with Crippen molar-refractivity contribution in [1.82, 2.24) is 15.0 Å². The molecule has 0 spiro atoms. The molecular weight excluding hydrogens is 248 g/mol. The predicted octanol–water partition coefficient (Wildman–Crippen LogP) is 2.23. The van der Waals surface area contributed by atoms with Gasteiger partial charge in [0.1, 0.15) is 5.03 Å². The summed E-state index contributed by atoms with van der Waals surface area (Å²) < 4.78 is 5.08. The highest BCUT2D eigenvalue weighted by atomic mass is 32.2. The van der Waals surface area contributed by atoms with Gasteiger partial charge < -0.3 is 10.5 Å². The molecule has 0 unspecified atom stereocenters. The van der Waals surface area contributed by atoms with Gasteiger partial charge in [-0.3, -0.25) is 0 Å². The molecule has 0 radical (unpaired) electrons. The Hall–Kier alpha value is -1.82. The molecule has 2 aromatic heterocycles. The molecule has 0 aliphatic rings. The van der Waals surface area contributed by atoms with Crippen molar-refractivity contribution in [3.63, 3.8) is 0 Å². The summed E-state index contributed by atoms with van der Waals surface area (Å²) in [6.07, 6.45) is 0. The predicted molar refractivity (Wildman–Crippen MR) is 70.8 cm³/mol. The van der Waals surface area contributed by atoms with Gasteiger partial charge in [0.05, 0.1) is 12.8 Å². The molecule has 0 bridgehead atoms. The van der Waals surface area contributed by atoms with Gasteiger partial charge in [0, 0.05) is 11.4 Å². The van der Waals surface area contributed by atoms with E-state index in [-0.39, 0.29) is 0 Å². The van der Waals surface area contributed by atoms with Gasteiger partial charge in [-0.2, -0.15) is 0 Å². The van der Waals surface area contributed by atoms with Crippen LogP contribution in [0.4, 0.5) is 5.69 Å². The van der Waals surface area contributed by atoms with E-state index in [9.17, 15) is 0 Å². The molecule has 94 valence electrons. The first kappa shape index (κ1) is 12.6. The Morgan fingerprint density at radius 3 is 2.39 bits per heavy atom. The van der Waals surface area contributed by atoms with E-state index in [0.717, 1.165) is 16.4 Å². The summed E-state index contributed by atoms with van der Waals surface area (Å²) in [6, 6.07) is 5.52. The van der Waals surface area contributed by atoms with Crippen LogP contribution >= 0.6 is 11.8 Å². The minimum absolute atomic E-state index is 0.421. The van der Waals surface area contributed by atoms with E-state index < -0.39 is 0 Å². The zero-order chi connectivity index (χ0) is 13.1. The minimum Gasteiger partial charge on any atom is -0.480 e. The Bertz CT molecular complexity index is 554. The van der Waals surface area contributed by atoms with Crippen molar-refractivity contribution in [3.8, 4) is 5.88 Å². The third kappa shape index (κ3) is 2.89. The molecule has 2 heterocycles. The second kappa shape index (κ2) is 5.22.